The Morgan fingerprint density at radius 3 is 2.55 bits per heavy atom. The fourth-order valence-corrected chi connectivity index (χ4v) is 7.84. The molecule has 33 heavy (non-hydrogen) atoms. The Morgan fingerprint density at radius 2 is 1.88 bits per heavy atom. The van der Waals surface area contributed by atoms with Crippen LogP contribution in [0.15, 0.2) is 23.8 Å². The first-order valence-corrected chi connectivity index (χ1v) is 13.2. The molecule has 0 radical (unpaired) electrons. The van der Waals surface area contributed by atoms with Gasteiger partial charge in [0.15, 0.2) is 5.78 Å². The quantitative estimate of drug-likeness (QED) is 0.405. The van der Waals surface area contributed by atoms with E-state index in [0.717, 1.165) is 38.5 Å². The summed E-state index contributed by atoms with van der Waals surface area (Å²) >= 11 is 0. The summed E-state index contributed by atoms with van der Waals surface area (Å²) in [5, 5.41) is 11.7. The number of ether oxygens (including phenoxy) is 1. The van der Waals surface area contributed by atoms with Crippen LogP contribution in [-0.4, -0.2) is 28.6 Å². The second-order valence-electron chi connectivity index (χ2n) is 12.5. The average Bonchev–Trinajstić information content (AvgIpc) is 3.06. The first kappa shape index (κ1) is 24.7. The molecule has 0 heterocycles. The molecule has 0 aromatic heterocycles. The molecule has 2 unspecified atom stereocenters. The van der Waals surface area contributed by atoms with Gasteiger partial charge >= 0.3 is 5.97 Å². The highest BCUT2D eigenvalue weighted by atomic mass is 16.5. The van der Waals surface area contributed by atoms with Crippen LogP contribution in [0.5, 0.6) is 0 Å². The molecule has 0 amide bonds. The fraction of sp³-hybridized carbons (Fsp3) is 0.793. The van der Waals surface area contributed by atoms with Gasteiger partial charge in [-0.15, -0.1) is 0 Å². The third-order valence-corrected chi connectivity index (χ3v) is 10.5. The third kappa shape index (κ3) is 3.94. The summed E-state index contributed by atoms with van der Waals surface area (Å²) < 4.78 is 5.42. The summed E-state index contributed by atoms with van der Waals surface area (Å²) in [7, 11) is 0. The highest BCUT2D eigenvalue weighted by Crippen LogP contribution is 2.66. The summed E-state index contributed by atoms with van der Waals surface area (Å²) in [5.41, 5.74) is -0.360. The van der Waals surface area contributed by atoms with Gasteiger partial charge in [0.25, 0.3) is 0 Å². The number of carbonyl (C=O) groups is 2. The van der Waals surface area contributed by atoms with Gasteiger partial charge in [0.05, 0.1) is 0 Å². The lowest BCUT2D eigenvalue weighted by Crippen LogP contribution is -2.64. The van der Waals surface area contributed by atoms with Crippen LogP contribution in [0.4, 0.5) is 0 Å². The number of hydrogen-bond donors (Lipinski definition) is 1. The van der Waals surface area contributed by atoms with Gasteiger partial charge < -0.3 is 9.84 Å². The molecule has 3 saturated carbocycles. The maximum atomic E-state index is 13.4. The predicted octanol–water partition coefficient (Wildman–Crippen LogP) is 6.03. The molecular formula is C29H44O4. The van der Waals surface area contributed by atoms with Crippen LogP contribution in [0.25, 0.3) is 0 Å². The summed E-state index contributed by atoms with van der Waals surface area (Å²) in [6.07, 6.45) is 13.6. The topological polar surface area (TPSA) is 63.6 Å². The zero-order valence-corrected chi connectivity index (χ0v) is 21.5. The molecule has 8 atom stereocenters. The van der Waals surface area contributed by atoms with Gasteiger partial charge in [-0.1, -0.05) is 52.3 Å². The number of carbonyl (C=O) groups excluding carboxylic acids is 2. The molecular weight excluding hydrogens is 412 g/mol. The number of esters is 1. The zero-order valence-electron chi connectivity index (χ0n) is 21.5. The Labute approximate surface area is 200 Å². The summed E-state index contributed by atoms with van der Waals surface area (Å²) in [6.45, 7) is 12.8. The molecule has 0 bridgehead atoms. The number of allylic oxidation sites excluding steroid dienone is 3. The van der Waals surface area contributed by atoms with Crippen molar-refractivity contribution in [2.75, 3.05) is 0 Å². The van der Waals surface area contributed by atoms with Crippen molar-refractivity contribution in [2.45, 2.75) is 105 Å². The minimum absolute atomic E-state index is 0.161. The Balaban J connectivity index is 1.57. The molecule has 4 heteroatoms. The molecule has 4 aliphatic carbocycles. The lowest BCUT2D eigenvalue weighted by atomic mass is 9.46. The van der Waals surface area contributed by atoms with Crippen molar-refractivity contribution in [1.29, 1.82) is 0 Å². The van der Waals surface area contributed by atoms with Crippen molar-refractivity contribution in [3.8, 4) is 0 Å². The SMILES string of the molecule is CC(=O)O[C@H]1CC[C@]2(C)C3CC[C@@]4(C)C(CC[C@@H]4C/C=C/[C@H](C)C(C)C)C3=CC(=O)[C@@]2(O)C1. The highest BCUT2D eigenvalue weighted by molar-refractivity contribution is 5.99. The van der Waals surface area contributed by atoms with Crippen LogP contribution < -0.4 is 0 Å². The molecule has 4 aliphatic rings. The van der Waals surface area contributed by atoms with Crippen molar-refractivity contribution in [3.63, 3.8) is 0 Å². The van der Waals surface area contributed by atoms with Gasteiger partial charge in [0.1, 0.15) is 11.7 Å². The molecule has 0 aliphatic heterocycles. The van der Waals surface area contributed by atoms with Crippen molar-refractivity contribution < 1.29 is 19.4 Å². The molecule has 0 saturated heterocycles. The van der Waals surface area contributed by atoms with Crippen LogP contribution in [-0.2, 0) is 14.3 Å². The van der Waals surface area contributed by atoms with Gasteiger partial charge in [-0.05, 0) is 86.0 Å². The molecule has 4 rings (SSSR count). The summed E-state index contributed by atoms with van der Waals surface area (Å²) in [4.78, 5) is 24.9. The number of hydrogen-bond acceptors (Lipinski definition) is 4. The minimum Gasteiger partial charge on any atom is -0.462 e. The molecule has 184 valence electrons. The van der Waals surface area contributed by atoms with Crippen molar-refractivity contribution in [2.24, 2.45) is 40.4 Å². The Bertz CT molecular complexity index is 856. The monoisotopic (exact) mass is 456 g/mol. The van der Waals surface area contributed by atoms with E-state index in [0.29, 0.717) is 23.7 Å². The fourth-order valence-electron chi connectivity index (χ4n) is 7.84. The van der Waals surface area contributed by atoms with Crippen molar-refractivity contribution >= 4 is 11.8 Å². The normalized spacial score (nSPS) is 43.6. The maximum Gasteiger partial charge on any atom is 0.302 e. The molecule has 1 N–H and O–H groups in total. The highest BCUT2D eigenvalue weighted by Gasteiger charge is 2.65. The summed E-state index contributed by atoms with van der Waals surface area (Å²) in [6, 6.07) is 0. The van der Waals surface area contributed by atoms with E-state index in [2.05, 4.69) is 46.8 Å². The van der Waals surface area contributed by atoms with E-state index in [1.165, 1.54) is 18.9 Å². The van der Waals surface area contributed by atoms with Crippen LogP contribution in [0.3, 0.4) is 0 Å². The van der Waals surface area contributed by atoms with Crippen molar-refractivity contribution in [1.82, 2.24) is 0 Å². The van der Waals surface area contributed by atoms with Gasteiger partial charge in [0, 0.05) is 18.8 Å². The molecule has 4 nitrogen and oxygen atoms in total. The number of rotatable bonds is 5. The second-order valence-corrected chi connectivity index (χ2v) is 12.5. The number of fused-ring (bicyclic) bond motifs is 5. The van der Waals surface area contributed by atoms with E-state index in [-0.39, 0.29) is 35.6 Å². The molecule has 0 aromatic rings. The Kier molecular flexibility index (Phi) is 6.48. The zero-order chi connectivity index (χ0) is 24.2. The molecule has 0 aromatic carbocycles. The van der Waals surface area contributed by atoms with Crippen LogP contribution in [0.2, 0.25) is 0 Å². The largest absolute Gasteiger partial charge is 0.462 e. The van der Waals surface area contributed by atoms with Crippen LogP contribution in [0, 0.1) is 40.4 Å². The Hall–Kier alpha value is -1.42. The first-order valence-electron chi connectivity index (χ1n) is 13.2. The van der Waals surface area contributed by atoms with E-state index in [1.807, 2.05) is 6.08 Å². The minimum atomic E-state index is -1.43. The van der Waals surface area contributed by atoms with E-state index >= 15 is 0 Å². The standard InChI is InChI=1S/C29H44O4/c1-18(2)19(3)8-7-9-21-10-11-24-23-16-26(31)29(32)17-22(33-20(4)30)12-15-28(29,6)25(23)13-14-27(21,24)5/h7-8,16,18-19,21-22,24-25,32H,9-15,17H2,1-6H3/b8-7+/t19-,21-,22-,24?,25?,27+,28+,29-/m0/s1. The van der Waals surface area contributed by atoms with Gasteiger partial charge in [0.2, 0.25) is 0 Å². The lowest BCUT2D eigenvalue weighted by molar-refractivity contribution is -0.188. The van der Waals surface area contributed by atoms with Crippen LogP contribution >= 0.6 is 0 Å². The van der Waals surface area contributed by atoms with E-state index in [4.69, 9.17) is 4.74 Å². The predicted molar refractivity (Wildman–Crippen MR) is 130 cm³/mol. The third-order valence-electron chi connectivity index (χ3n) is 10.5. The van der Waals surface area contributed by atoms with Crippen LogP contribution in [0.1, 0.15) is 92.9 Å². The summed E-state index contributed by atoms with van der Waals surface area (Å²) in [5.74, 6) is 2.10. The smallest absolute Gasteiger partial charge is 0.302 e. The molecule has 0 spiro atoms. The maximum absolute atomic E-state index is 13.4. The number of ketones is 1. The first-order chi connectivity index (χ1) is 15.4. The van der Waals surface area contributed by atoms with Gasteiger partial charge in [-0.2, -0.15) is 0 Å². The van der Waals surface area contributed by atoms with Gasteiger partial charge in [-0.3, -0.25) is 9.59 Å². The van der Waals surface area contributed by atoms with E-state index in [1.54, 1.807) is 0 Å². The van der Waals surface area contributed by atoms with Crippen molar-refractivity contribution in [3.05, 3.63) is 23.8 Å². The average molecular weight is 457 g/mol. The van der Waals surface area contributed by atoms with Gasteiger partial charge in [-0.25, -0.2) is 0 Å². The van der Waals surface area contributed by atoms with E-state index < -0.39 is 11.0 Å². The molecule has 3 fully saturated rings. The Morgan fingerprint density at radius 1 is 1.15 bits per heavy atom. The number of aliphatic hydroxyl groups is 1. The second kappa shape index (κ2) is 8.66. The lowest BCUT2D eigenvalue weighted by Gasteiger charge is -2.59. The van der Waals surface area contributed by atoms with E-state index in [9.17, 15) is 14.7 Å².